The first-order valence-electron chi connectivity index (χ1n) is 6.53. The van der Waals surface area contributed by atoms with Crippen LogP contribution in [0.5, 0.6) is 5.75 Å². The Kier molecular flexibility index (Phi) is 5.23. The van der Waals surface area contributed by atoms with Gasteiger partial charge < -0.3 is 15.0 Å². The number of nitrogens with zero attached hydrogens (tertiary/aromatic N) is 2. The first-order valence-corrected chi connectivity index (χ1v) is 7.33. The van der Waals surface area contributed by atoms with Crippen LogP contribution in [0, 0.1) is 6.92 Å². The van der Waals surface area contributed by atoms with E-state index in [9.17, 15) is 4.79 Å². The fourth-order valence-corrected chi connectivity index (χ4v) is 2.65. The number of methoxy groups -OCH3 is 1. The Morgan fingerprint density at radius 3 is 2.78 bits per heavy atom. The molecular weight excluding hydrogens is 384 g/mol. The number of ether oxygens (including phenoxy) is 1. The first-order chi connectivity index (χ1) is 10.6. The zero-order valence-electron chi connectivity index (χ0n) is 12.4. The van der Waals surface area contributed by atoms with E-state index in [1.807, 2.05) is 25.1 Å². The van der Waals surface area contributed by atoms with Crippen LogP contribution in [0.15, 0.2) is 40.0 Å². The number of aromatic amines is 1. The van der Waals surface area contributed by atoms with Gasteiger partial charge in [-0.25, -0.2) is 9.97 Å². The van der Waals surface area contributed by atoms with Crippen LogP contribution in [0.3, 0.4) is 0 Å². The molecule has 1 aromatic carbocycles. The lowest BCUT2D eigenvalue weighted by atomic mass is 10.2. The molecule has 0 spiro atoms. The number of pyridine rings is 1. The lowest BCUT2D eigenvalue weighted by Gasteiger charge is -2.10. The third kappa shape index (κ3) is 3.30. The molecule has 0 atom stereocenters. The summed E-state index contributed by atoms with van der Waals surface area (Å²) in [4.78, 5) is 23.1. The van der Waals surface area contributed by atoms with Crippen LogP contribution >= 0.6 is 28.3 Å². The van der Waals surface area contributed by atoms with Crippen LogP contribution in [0.1, 0.15) is 5.56 Å². The summed E-state index contributed by atoms with van der Waals surface area (Å²) in [6.45, 7) is 1.95. The van der Waals surface area contributed by atoms with Gasteiger partial charge in [0.25, 0.3) is 5.56 Å². The van der Waals surface area contributed by atoms with Gasteiger partial charge >= 0.3 is 0 Å². The molecule has 8 heteroatoms. The molecule has 0 aliphatic rings. The summed E-state index contributed by atoms with van der Waals surface area (Å²) in [6.07, 6.45) is 2.99. The van der Waals surface area contributed by atoms with Gasteiger partial charge in [-0.15, -0.1) is 12.4 Å². The largest absolute Gasteiger partial charge is 0.496 e. The molecule has 2 heterocycles. The summed E-state index contributed by atoms with van der Waals surface area (Å²) in [7, 11) is 1.63. The summed E-state index contributed by atoms with van der Waals surface area (Å²) in [6, 6.07) is 5.66. The van der Waals surface area contributed by atoms with Gasteiger partial charge in [0, 0.05) is 11.9 Å². The van der Waals surface area contributed by atoms with E-state index in [2.05, 4.69) is 36.2 Å². The third-order valence-corrected chi connectivity index (χ3v) is 3.89. The van der Waals surface area contributed by atoms with Crippen molar-refractivity contribution in [3.05, 3.63) is 51.1 Å². The van der Waals surface area contributed by atoms with E-state index in [1.54, 1.807) is 13.3 Å². The molecule has 0 unspecified atom stereocenters. The monoisotopic (exact) mass is 396 g/mol. The Balaban J connectivity index is 0.00000192. The van der Waals surface area contributed by atoms with E-state index < -0.39 is 0 Å². The van der Waals surface area contributed by atoms with Crippen molar-refractivity contribution in [3.8, 4) is 5.75 Å². The average Bonchev–Trinajstić information content (AvgIpc) is 2.51. The fourth-order valence-electron chi connectivity index (χ4n) is 2.24. The molecule has 2 N–H and O–H groups in total. The summed E-state index contributed by atoms with van der Waals surface area (Å²) in [5.74, 6) is 1.26. The SMILES string of the molecule is COc1ccc(Nc2ncnc3c(Br)c[nH]c(=O)c23)cc1C.Cl. The summed E-state index contributed by atoms with van der Waals surface area (Å²) in [5, 5.41) is 3.57. The van der Waals surface area contributed by atoms with E-state index >= 15 is 0 Å². The van der Waals surface area contributed by atoms with Crippen molar-refractivity contribution in [2.24, 2.45) is 0 Å². The second-order valence-electron chi connectivity index (χ2n) is 4.72. The van der Waals surface area contributed by atoms with Crippen molar-refractivity contribution in [1.82, 2.24) is 15.0 Å². The molecule has 23 heavy (non-hydrogen) atoms. The highest BCUT2D eigenvalue weighted by Gasteiger charge is 2.11. The summed E-state index contributed by atoms with van der Waals surface area (Å²) in [5.41, 5.74) is 2.12. The van der Waals surface area contributed by atoms with E-state index in [4.69, 9.17) is 4.74 Å². The van der Waals surface area contributed by atoms with Crippen molar-refractivity contribution in [2.45, 2.75) is 6.92 Å². The van der Waals surface area contributed by atoms with Gasteiger partial charge in [0.15, 0.2) is 0 Å². The molecule has 0 fully saturated rings. The number of fused-ring (bicyclic) bond motifs is 1. The second-order valence-corrected chi connectivity index (χ2v) is 5.58. The minimum atomic E-state index is -0.244. The standard InChI is InChI=1S/C15H13BrN4O2.ClH/c1-8-5-9(3-4-11(8)22-2)20-14-12-13(18-7-19-14)10(16)6-17-15(12)21;/h3-7H,1-2H3,(H,17,21)(H,18,19,20);1H. The number of rotatable bonds is 3. The molecule has 6 nitrogen and oxygen atoms in total. The van der Waals surface area contributed by atoms with Gasteiger partial charge in [0.2, 0.25) is 0 Å². The fraction of sp³-hybridized carbons (Fsp3) is 0.133. The third-order valence-electron chi connectivity index (χ3n) is 3.29. The number of hydrogen-bond donors (Lipinski definition) is 2. The molecule has 0 amide bonds. The minimum Gasteiger partial charge on any atom is -0.496 e. The van der Waals surface area contributed by atoms with Crippen LogP contribution < -0.4 is 15.6 Å². The van der Waals surface area contributed by atoms with E-state index in [0.717, 1.165) is 17.0 Å². The molecule has 3 aromatic rings. The number of aromatic nitrogens is 3. The Hall–Kier alpha value is -2.12. The first kappa shape index (κ1) is 17.2. The molecule has 3 rings (SSSR count). The maximum Gasteiger partial charge on any atom is 0.261 e. The van der Waals surface area contributed by atoms with Crippen LogP contribution in [-0.2, 0) is 0 Å². The van der Waals surface area contributed by atoms with Crippen LogP contribution in [-0.4, -0.2) is 22.1 Å². The number of aryl methyl sites for hydroxylation is 1. The van der Waals surface area contributed by atoms with Crippen molar-refractivity contribution in [3.63, 3.8) is 0 Å². The van der Waals surface area contributed by atoms with Gasteiger partial charge in [-0.3, -0.25) is 4.79 Å². The highest BCUT2D eigenvalue weighted by atomic mass is 79.9. The van der Waals surface area contributed by atoms with Gasteiger partial charge in [-0.2, -0.15) is 0 Å². The normalized spacial score (nSPS) is 10.2. The predicted molar refractivity (Wildman–Crippen MR) is 96.1 cm³/mol. The van der Waals surface area contributed by atoms with Crippen molar-refractivity contribution < 1.29 is 4.74 Å². The molecule has 120 valence electrons. The number of hydrogen-bond acceptors (Lipinski definition) is 5. The van der Waals surface area contributed by atoms with Crippen LogP contribution in [0.4, 0.5) is 11.5 Å². The van der Waals surface area contributed by atoms with Crippen molar-refractivity contribution in [2.75, 3.05) is 12.4 Å². The molecule has 2 aromatic heterocycles. The van der Waals surface area contributed by atoms with Crippen LogP contribution in [0.2, 0.25) is 0 Å². The second kappa shape index (κ2) is 6.97. The quantitative estimate of drug-likeness (QED) is 0.706. The molecule has 0 saturated heterocycles. The molecule has 0 saturated carbocycles. The maximum atomic E-state index is 12.1. The van der Waals surface area contributed by atoms with E-state index in [0.29, 0.717) is 21.2 Å². The number of nitrogens with one attached hydrogen (secondary N) is 2. The zero-order valence-corrected chi connectivity index (χ0v) is 14.8. The predicted octanol–water partition coefficient (Wildman–Crippen LogP) is 3.56. The number of halogens is 2. The lowest BCUT2D eigenvalue weighted by Crippen LogP contribution is -2.10. The smallest absolute Gasteiger partial charge is 0.261 e. The molecular formula is C15H14BrClN4O2. The minimum absolute atomic E-state index is 0. The molecule has 0 bridgehead atoms. The van der Waals surface area contributed by atoms with Crippen LogP contribution in [0.25, 0.3) is 10.9 Å². The highest BCUT2D eigenvalue weighted by Crippen LogP contribution is 2.27. The highest BCUT2D eigenvalue weighted by molar-refractivity contribution is 9.10. The summed E-state index contributed by atoms with van der Waals surface area (Å²) >= 11 is 3.38. The topological polar surface area (TPSA) is 79.9 Å². The van der Waals surface area contributed by atoms with Crippen molar-refractivity contribution in [1.29, 1.82) is 0 Å². The number of benzene rings is 1. The Bertz CT molecular complexity index is 914. The van der Waals surface area contributed by atoms with Gasteiger partial charge in [-0.05, 0) is 46.6 Å². The number of H-pyrrole nitrogens is 1. The van der Waals surface area contributed by atoms with E-state index in [-0.39, 0.29) is 18.0 Å². The molecule has 0 aliphatic heterocycles. The molecule has 0 radical (unpaired) electrons. The Morgan fingerprint density at radius 1 is 1.30 bits per heavy atom. The maximum absolute atomic E-state index is 12.1. The number of anilines is 2. The lowest BCUT2D eigenvalue weighted by molar-refractivity contribution is 0.412. The van der Waals surface area contributed by atoms with Gasteiger partial charge in [-0.1, -0.05) is 0 Å². The van der Waals surface area contributed by atoms with E-state index in [1.165, 1.54) is 6.33 Å². The average molecular weight is 398 g/mol. The van der Waals surface area contributed by atoms with Gasteiger partial charge in [0.05, 0.1) is 17.1 Å². The zero-order chi connectivity index (χ0) is 15.7. The Labute approximate surface area is 146 Å². The summed E-state index contributed by atoms with van der Waals surface area (Å²) < 4.78 is 5.95. The Morgan fingerprint density at radius 2 is 2.09 bits per heavy atom. The van der Waals surface area contributed by atoms with Crippen molar-refractivity contribution >= 4 is 50.7 Å². The van der Waals surface area contributed by atoms with Gasteiger partial charge in [0.1, 0.15) is 23.3 Å². The molecule has 0 aliphatic carbocycles.